The van der Waals surface area contributed by atoms with E-state index in [1.54, 1.807) is 11.8 Å². The quantitative estimate of drug-likeness (QED) is 0.119. The number of ether oxygens (including phenoxy) is 1. The van der Waals surface area contributed by atoms with Crippen molar-refractivity contribution in [3.8, 4) is 12.3 Å². The van der Waals surface area contributed by atoms with Gasteiger partial charge in [0.1, 0.15) is 18.5 Å². The molecule has 3 aromatic rings. The average molecular weight is 547 g/mol. The monoisotopic (exact) mass is 546 g/mol. The van der Waals surface area contributed by atoms with Crippen LogP contribution in [-0.4, -0.2) is 48.4 Å². The van der Waals surface area contributed by atoms with Crippen LogP contribution < -0.4 is 0 Å². The van der Waals surface area contributed by atoms with Gasteiger partial charge in [-0.25, -0.2) is 13.2 Å². The van der Waals surface area contributed by atoms with Crippen molar-refractivity contribution in [2.75, 3.05) is 19.8 Å². The number of piperidine rings is 1. The fraction of sp³-hybridized carbons (Fsp3) is 0.333. The first-order chi connectivity index (χ1) is 19.4. The molecular weight excluding hydrogens is 513 g/mol. The molecule has 7 heteroatoms. The Morgan fingerprint density at radius 2 is 1.65 bits per heavy atom. The lowest BCUT2D eigenvalue weighted by Gasteiger charge is -2.42. The molecule has 0 aromatic heterocycles. The molecule has 0 radical (unpaired) electrons. The first kappa shape index (κ1) is 29.1. The molecule has 0 aliphatic carbocycles. The number of hydrogen-bond acceptors (Lipinski definition) is 3. The second-order valence-corrected chi connectivity index (χ2v) is 9.95. The van der Waals surface area contributed by atoms with Gasteiger partial charge in [-0.15, -0.1) is 6.42 Å². The number of benzene rings is 3. The van der Waals surface area contributed by atoms with E-state index in [1.807, 2.05) is 60.7 Å². The van der Waals surface area contributed by atoms with Crippen molar-refractivity contribution >= 4 is 11.6 Å². The van der Waals surface area contributed by atoms with E-state index in [0.29, 0.717) is 31.4 Å². The molecule has 0 saturated carbocycles. The van der Waals surface area contributed by atoms with E-state index in [0.717, 1.165) is 30.0 Å². The molecule has 0 bridgehead atoms. The van der Waals surface area contributed by atoms with Crippen molar-refractivity contribution < 1.29 is 22.7 Å². The van der Waals surface area contributed by atoms with Crippen LogP contribution in [0.15, 0.2) is 77.8 Å². The van der Waals surface area contributed by atoms with Gasteiger partial charge in [0.15, 0.2) is 11.6 Å². The van der Waals surface area contributed by atoms with Crippen LogP contribution in [0, 0.1) is 29.8 Å². The molecule has 0 N–H and O–H groups in total. The Balaban J connectivity index is 1.68. The zero-order valence-corrected chi connectivity index (χ0v) is 22.5. The molecule has 4 nitrogen and oxygen atoms in total. The highest BCUT2D eigenvalue weighted by molar-refractivity contribution is 6.13. The topological polar surface area (TPSA) is 41.9 Å². The van der Waals surface area contributed by atoms with Crippen molar-refractivity contribution in [2.24, 2.45) is 4.99 Å². The molecule has 40 heavy (non-hydrogen) atoms. The third-order valence-corrected chi connectivity index (χ3v) is 7.29. The molecule has 1 heterocycles. The summed E-state index contributed by atoms with van der Waals surface area (Å²) in [6.45, 7) is 2.98. The number of nitrogens with zero attached hydrogens (tertiary/aromatic N) is 2. The molecule has 208 valence electrons. The van der Waals surface area contributed by atoms with Crippen molar-refractivity contribution in [1.82, 2.24) is 4.90 Å². The van der Waals surface area contributed by atoms with Gasteiger partial charge in [-0.1, -0.05) is 66.6 Å². The van der Waals surface area contributed by atoms with E-state index in [4.69, 9.17) is 16.2 Å². The summed E-state index contributed by atoms with van der Waals surface area (Å²) in [5.41, 5.74) is 2.21. The molecule has 1 fully saturated rings. The normalized spacial score (nSPS) is 18.8. The maximum absolute atomic E-state index is 15.0. The number of aliphatic imine (C=N–C) groups is 1. The summed E-state index contributed by atoms with van der Waals surface area (Å²) in [4.78, 5) is 20.5. The number of halogens is 3. The van der Waals surface area contributed by atoms with Gasteiger partial charge in [0.2, 0.25) is 5.91 Å². The van der Waals surface area contributed by atoms with Gasteiger partial charge in [-0.3, -0.25) is 9.79 Å². The van der Waals surface area contributed by atoms with Crippen molar-refractivity contribution in [1.29, 1.82) is 0 Å². The van der Waals surface area contributed by atoms with Crippen LogP contribution in [0.25, 0.3) is 0 Å². The summed E-state index contributed by atoms with van der Waals surface area (Å²) in [6, 6.07) is 19.3. The number of rotatable bonds is 11. The van der Waals surface area contributed by atoms with Gasteiger partial charge >= 0.3 is 0 Å². The van der Waals surface area contributed by atoms with Gasteiger partial charge in [-0.05, 0) is 44.2 Å². The third-order valence-electron chi connectivity index (χ3n) is 7.29. The highest BCUT2D eigenvalue weighted by Crippen LogP contribution is 2.37. The summed E-state index contributed by atoms with van der Waals surface area (Å²) in [7, 11) is 0. The van der Waals surface area contributed by atoms with E-state index in [1.165, 1.54) is 0 Å². The Labute approximate surface area is 233 Å². The number of carbonyl (C=O) groups excluding carboxylic acids is 1. The van der Waals surface area contributed by atoms with Crippen LogP contribution in [-0.2, 0) is 9.53 Å². The Morgan fingerprint density at radius 3 is 2.27 bits per heavy atom. The van der Waals surface area contributed by atoms with Crippen LogP contribution in [0.4, 0.5) is 13.2 Å². The molecule has 3 unspecified atom stereocenters. The average Bonchev–Trinajstić information content (AvgIpc) is 2.96. The minimum absolute atomic E-state index is 0.0774. The van der Waals surface area contributed by atoms with E-state index in [2.05, 4.69) is 5.92 Å². The summed E-state index contributed by atoms with van der Waals surface area (Å²) < 4.78 is 48.9. The lowest BCUT2D eigenvalue weighted by Crippen LogP contribution is -2.52. The maximum Gasteiger partial charge on any atom is 0.247 e. The number of likely N-dealkylation sites (tertiary alicyclic amines) is 1. The van der Waals surface area contributed by atoms with E-state index < -0.39 is 35.5 Å². The van der Waals surface area contributed by atoms with Crippen molar-refractivity contribution in [3.63, 3.8) is 0 Å². The Bertz CT molecular complexity index is 1310. The molecular formula is C33H33F3N2O2. The van der Waals surface area contributed by atoms with Gasteiger partial charge in [0.05, 0.1) is 5.71 Å². The van der Waals surface area contributed by atoms with Crippen LogP contribution in [0.5, 0.6) is 0 Å². The number of carbonyl (C=O) groups is 1. The summed E-state index contributed by atoms with van der Waals surface area (Å²) in [6.07, 6.45) is 7.58. The molecule has 4 rings (SSSR count). The third kappa shape index (κ3) is 7.00. The minimum Gasteiger partial charge on any atom is -0.369 e. The largest absolute Gasteiger partial charge is 0.369 e. The van der Waals surface area contributed by atoms with Gasteiger partial charge in [-0.2, -0.15) is 0 Å². The van der Waals surface area contributed by atoms with E-state index in [9.17, 15) is 13.6 Å². The fourth-order valence-electron chi connectivity index (χ4n) is 5.26. The Kier molecular flexibility index (Phi) is 10.2. The Morgan fingerprint density at radius 1 is 1.00 bits per heavy atom. The van der Waals surface area contributed by atoms with Gasteiger partial charge in [0.25, 0.3) is 0 Å². The SMILES string of the molecule is C#CCOCCCCCN1C(=O)C(N=C(c2ccccc2)c2ccccc2)CC(c2cc(F)cc(F)c2F)C1C. The lowest BCUT2D eigenvalue weighted by molar-refractivity contribution is -0.138. The second kappa shape index (κ2) is 14.0. The smallest absolute Gasteiger partial charge is 0.247 e. The predicted octanol–water partition coefficient (Wildman–Crippen LogP) is 6.53. The van der Waals surface area contributed by atoms with Crippen molar-refractivity contribution in [3.05, 3.63) is 107 Å². The molecule has 1 aliphatic heterocycles. The number of amides is 1. The summed E-state index contributed by atoms with van der Waals surface area (Å²) in [5.74, 6) is -1.60. The highest BCUT2D eigenvalue weighted by atomic mass is 19.2. The Hall–Kier alpha value is -3.89. The van der Waals surface area contributed by atoms with E-state index in [-0.39, 0.29) is 24.5 Å². The van der Waals surface area contributed by atoms with Gasteiger partial charge < -0.3 is 9.64 Å². The standard InChI is InChI=1S/C33H33F3N2O2/c1-3-18-40-19-12-6-11-17-38-23(2)27(28-20-26(34)21-29(35)31(28)36)22-30(33(38)39)37-32(24-13-7-4-8-14-24)25-15-9-5-10-16-25/h1,4-5,7-10,13-16,20-21,23,27,30H,6,11-12,17-19,22H2,2H3. The molecule has 3 atom stereocenters. The van der Waals surface area contributed by atoms with Gasteiger partial charge in [0, 0.05) is 42.3 Å². The van der Waals surface area contributed by atoms with Crippen LogP contribution in [0.3, 0.4) is 0 Å². The van der Waals surface area contributed by atoms with E-state index >= 15 is 4.39 Å². The van der Waals surface area contributed by atoms with Crippen molar-refractivity contribution in [2.45, 2.75) is 50.6 Å². The first-order valence-electron chi connectivity index (χ1n) is 13.6. The second-order valence-electron chi connectivity index (χ2n) is 9.95. The number of terminal acetylenes is 1. The lowest BCUT2D eigenvalue weighted by atomic mass is 9.81. The fourth-order valence-corrected chi connectivity index (χ4v) is 5.26. The first-order valence-corrected chi connectivity index (χ1v) is 13.6. The molecule has 1 aliphatic rings. The molecule has 1 saturated heterocycles. The van der Waals surface area contributed by atoms with Crippen LogP contribution >= 0.6 is 0 Å². The highest BCUT2D eigenvalue weighted by Gasteiger charge is 2.41. The number of unbranched alkanes of at least 4 members (excludes halogenated alkanes) is 2. The zero-order chi connectivity index (χ0) is 28.5. The number of hydrogen-bond donors (Lipinski definition) is 0. The maximum atomic E-state index is 15.0. The summed E-state index contributed by atoms with van der Waals surface area (Å²) in [5, 5.41) is 0. The predicted molar refractivity (Wildman–Crippen MR) is 151 cm³/mol. The van der Waals surface area contributed by atoms with Crippen LogP contribution in [0.2, 0.25) is 0 Å². The summed E-state index contributed by atoms with van der Waals surface area (Å²) >= 11 is 0. The zero-order valence-electron chi connectivity index (χ0n) is 22.5. The minimum atomic E-state index is -1.24. The molecule has 1 amide bonds. The molecule has 3 aromatic carbocycles. The molecule has 0 spiro atoms. The van der Waals surface area contributed by atoms with Crippen LogP contribution in [0.1, 0.15) is 55.2 Å².